The van der Waals surface area contributed by atoms with Gasteiger partial charge in [0.05, 0.1) is 12.5 Å². The summed E-state index contributed by atoms with van der Waals surface area (Å²) >= 11 is 0. The summed E-state index contributed by atoms with van der Waals surface area (Å²) in [5.74, 6) is -1.77. The van der Waals surface area contributed by atoms with Gasteiger partial charge in [0, 0.05) is 12.5 Å². The van der Waals surface area contributed by atoms with Gasteiger partial charge in [-0.2, -0.15) is 0 Å². The summed E-state index contributed by atoms with van der Waals surface area (Å²) in [6.07, 6.45) is 0. The van der Waals surface area contributed by atoms with E-state index < -0.39 is 17.9 Å². The van der Waals surface area contributed by atoms with Crippen LogP contribution in [-0.4, -0.2) is 23.7 Å². The van der Waals surface area contributed by atoms with Gasteiger partial charge in [0.2, 0.25) is 0 Å². The number of phenolic OH excluding ortho intramolecular Hbond substituents is 1. The number of hydrogen-bond acceptors (Lipinski definition) is 5. The van der Waals surface area contributed by atoms with Crippen LogP contribution in [0.1, 0.15) is 32.3 Å². The smallest absolute Gasteiger partial charge is 0.313 e. The minimum Gasteiger partial charge on any atom is -0.504 e. The van der Waals surface area contributed by atoms with Crippen molar-refractivity contribution in [3.05, 3.63) is 23.8 Å². The number of hydrogen-bond donors (Lipinski definition) is 1. The number of carbonyl (C=O) groups is 2. The van der Waals surface area contributed by atoms with Crippen LogP contribution in [0.4, 0.5) is 0 Å². The fourth-order valence-corrected chi connectivity index (χ4v) is 1.52. The second-order valence-electron chi connectivity index (χ2n) is 3.76. The highest BCUT2D eigenvalue weighted by Gasteiger charge is 2.22. The number of benzene rings is 1. The Morgan fingerprint density at radius 1 is 1.39 bits per heavy atom. The minimum absolute atomic E-state index is 0.0381. The van der Waals surface area contributed by atoms with Gasteiger partial charge in [-0.1, -0.05) is 12.1 Å². The molecule has 0 spiro atoms. The van der Waals surface area contributed by atoms with Gasteiger partial charge in [-0.05, 0) is 19.9 Å². The lowest BCUT2D eigenvalue weighted by atomic mass is 10.00. The molecule has 5 heteroatoms. The highest BCUT2D eigenvalue weighted by Crippen LogP contribution is 2.35. The molecular formula is C13H16O5. The summed E-state index contributed by atoms with van der Waals surface area (Å²) in [5.41, 5.74) is 0.368. The van der Waals surface area contributed by atoms with Crippen LogP contribution in [0.5, 0.6) is 11.5 Å². The molecule has 0 saturated carbocycles. The van der Waals surface area contributed by atoms with Crippen LogP contribution in [0, 0.1) is 0 Å². The Bertz CT molecular complexity index is 453. The predicted molar refractivity (Wildman–Crippen MR) is 64.5 cm³/mol. The summed E-state index contributed by atoms with van der Waals surface area (Å²) in [7, 11) is 0. The van der Waals surface area contributed by atoms with Crippen LogP contribution in [0.2, 0.25) is 0 Å². The molecule has 0 heterocycles. The van der Waals surface area contributed by atoms with Crippen molar-refractivity contribution in [3.8, 4) is 11.5 Å². The van der Waals surface area contributed by atoms with Crippen LogP contribution in [0.3, 0.4) is 0 Å². The van der Waals surface area contributed by atoms with E-state index in [-0.39, 0.29) is 18.1 Å². The fraction of sp³-hybridized carbons (Fsp3) is 0.385. The summed E-state index contributed by atoms with van der Waals surface area (Å²) < 4.78 is 9.71. The molecule has 5 nitrogen and oxygen atoms in total. The van der Waals surface area contributed by atoms with Gasteiger partial charge in [-0.3, -0.25) is 9.59 Å². The Balaban J connectivity index is 3.02. The molecule has 1 aromatic carbocycles. The predicted octanol–water partition coefficient (Wildman–Crippen LogP) is 1.98. The van der Waals surface area contributed by atoms with Gasteiger partial charge in [-0.25, -0.2) is 0 Å². The topological polar surface area (TPSA) is 72.8 Å². The zero-order valence-corrected chi connectivity index (χ0v) is 10.6. The molecular weight excluding hydrogens is 236 g/mol. The molecule has 0 aliphatic heterocycles. The number of aromatic hydroxyl groups is 1. The SMILES string of the molecule is CCOC(=O)[C@@H](C)c1cccc(OC(C)=O)c1O. The Morgan fingerprint density at radius 3 is 2.61 bits per heavy atom. The Morgan fingerprint density at radius 2 is 2.06 bits per heavy atom. The first-order valence-electron chi connectivity index (χ1n) is 5.64. The first-order chi connectivity index (χ1) is 8.47. The van der Waals surface area contributed by atoms with Crippen molar-refractivity contribution in [1.82, 2.24) is 0 Å². The Labute approximate surface area is 105 Å². The van der Waals surface area contributed by atoms with E-state index in [9.17, 15) is 14.7 Å². The third-order valence-electron chi connectivity index (χ3n) is 2.39. The molecule has 1 atom stereocenters. The van der Waals surface area contributed by atoms with Crippen LogP contribution >= 0.6 is 0 Å². The third kappa shape index (κ3) is 3.23. The molecule has 98 valence electrons. The quantitative estimate of drug-likeness (QED) is 0.655. The van der Waals surface area contributed by atoms with E-state index in [2.05, 4.69) is 0 Å². The van der Waals surface area contributed by atoms with Crippen molar-refractivity contribution >= 4 is 11.9 Å². The number of para-hydroxylation sites is 1. The Kier molecular flexibility index (Phi) is 4.71. The zero-order valence-electron chi connectivity index (χ0n) is 10.6. The average Bonchev–Trinajstić information content (AvgIpc) is 2.31. The number of ether oxygens (including phenoxy) is 2. The van der Waals surface area contributed by atoms with Crippen LogP contribution in [0.25, 0.3) is 0 Å². The molecule has 0 amide bonds. The highest BCUT2D eigenvalue weighted by atomic mass is 16.5. The largest absolute Gasteiger partial charge is 0.504 e. The first-order valence-corrected chi connectivity index (χ1v) is 5.64. The van der Waals surface area contributed by atoms with Gasteiger partial charge < -0.3 is 14.6 Å². The van der Waals surface area contributed by atoms with Gasteiger partial charge in [0.25, 0.3) is 0 Å². The fourth-order valence-electron chi connectivity index (χ4n) is 1.52. The highest BCUT2D eigenvalue weighted by molar-refractivity contribution is 5.79. The average molecular weight is 252 g/mol. The van der Waals surface area contributed by atoms with E-state index in [0.717, 1.165) is 0 Å². The normalized spacial score (nSPS) is 11.7. The van der Waals surface area contributed by atoms with Gasteiger partial charge >= 0.3 is 11.9 Å². The molecule has 0 aliphatic carbocycles. The molecule has 0 fully saturated rings. The van der Waals surface area contributed by atoms with E-state index >= 15 is 0 Å². The number of carbonyl (C=O) groups excluding carboxylic acids is 2. The molecule has 0 bridgehead atoms. The molecule has 1 rings (SSSR count). The molecule has 0 saturated heterocycles. The molecule has 1 N–H and O–H groups in total. The van der Waals surface area contributed by atoms with Crippen molar-refractivity contribution < 1.29 is 24.2 Å². The van der Waals surface area contributed by atoms with E-state index in [1.165, 1.54) is 13.0 Å². The van der Waals surface area contributed by atoms with Gasteiger partial charge in [0.15, 0.2) is 11.5 Å². The second-order valence-corrected chi connectivity index (χ2v) is 3.76. The van der Waals surface area contributed by atoms with E-state index in [1.807, 2.05) is 0 Å². The maximum Gasteiger partial charge on any atom is 0.313 e. The summed E-state index contributed by atoms with van der Waals surface area (Å²) in [6, 6.07) is 4.64. The summed E-state index contributed by atoms with van der Waals surface area (Å²) in [6.45, 7) is 4.83. The van der Waals surface area contributed by atoms with E-state index in [0.29, 0.717) is 5.56 Å². The monoisotopic (exact) mass is 252 g/mol. The lowest BCUT2D eigenvalue weighted by molar-refractivity contribution is -0.144. The zero-order chi connectivity index (χ0) is 13.7. The molecule has 0 radical (unpaired) electrons. The van der Waals surface area contributed by atoms with Gasteiger partial charge in [0.1, 0.15) is 0 Å². The summed E-state index contributed by atoms with van der Waals surface area (Å²) in [5, 5.41) is 9.94. The van der Waals surface area contributed by atoms with Crippen LogP contribution in [-0.2, 0) is 14.3 Å². The molecule has 0 aliphatic rings. The summed E-state index contributed by atoms with van der Waals surface area (Å²) in [4.78, 5) is 22.4. The number of phenols is 1. The Hall–Kier alpha value is -2.04. The van der Waals surface area contributed by atoms with Crippen molar-refractivity contribution in [2.75, 3.05) is 6.61 Å². The minimum atomic E-state index is -0.625. The maximum absolute atomic E-state index is 11.6. The van der Waals surface area contributed by atoms with E-state index in [4.69, 9.17) is 9.47 Å². The van der Waals surface area contributed by atoms with Crippen molar-refractivity contribution in [3.63, 3.8) is 0 Å². The molecule has 0 aromatic heterocycles. The van der Waals surface area contributed by atoms with Crippen LogP contribution in [0.15, 0.2) is 18.2 Å². The lowest BCUT2D eigenvalue weighted by Gasteiger charge is -2.14. The lowest BCUT2D eigenvalue weighted by Crippen LogP contribution is -2.13. The van der Waals surface area contributed by atoms with Crippen molar-refractivity contribution in [1.29, 1.82) is 0 Å². The third-order valence-corrected chi connectivity index (χ3v) is 2.39. The standard InChI is InChI=1S/C13H16O5/c1-4-17-13(16)8(2)10-6-5-7-11(12(10)15)18-9(3)14/h5-8,15H,4H2,1-3H3/t8-/m0/s1. The number of esters is 2. The second kappa shape index (κ2) is 6.05. The molecule has 0 unspecified atom stereocenters. The number of rotatable bonds is 4. The van der Waals surface area contributed by atoms with Crippen molar-refractivity contribution in [2.45, 2.75) is 26.7 Å². The first kappa shape index (κ1) is 14.0. The maximum atomic E-state index is 11.6. The van der Waals surface area contributed by atoms with Gasteiger partial charge in [-0.15, -0.1) is 0 Å². The van der Waals surface area contributed by atoms with Crippen LogP contribution < -0.4 is 4.74 Å². The molecule has 1 aromatic rings. The van der Waals surface area contributed by atoms with E-state index in [1.54, 1.807) is 26.0 Å². The molecule has 18 heavy (non-hydrogen) atoms. The van der Waals surface area contributed by atoms with Crippen molar-refractivity contribution in [2.24, 2.45) is 0 Å².